The van der Waals surface area contributed by atoms with Crippen LogP contribution in [0.15, 0.2) is 0 Å². The number of rotatable bonds is 9. The minimum Gasteiger partial charge on any atom is -1.00 e. The number of nitrogens with two attached hydrogens (primary N) is 1. The fourth-order valence-electron chi connectivity index (χ4n) is 1.57. The Labute approximate surface area is 114 Å². The zero-order chi connectivity index (χ0) is 9.94. The molecule has 2 heteroatoms. The predicted octanol–water partition coefficient (Wildman–Crippen LogP) is 0.981. The van der Waals surface area contributed by atoms with E-state index in [1.807, 2.05) is 0 Å². The van der Waals surface area contributed by atoms with Crippen molar-refractivity contribution in [3.63, 3.8) is 0 Å². The fourth-order valence-corrected chi connectivity index (χ4v) is 1.57. The maximum atomic E-state index is 5.84. The van der Waals surface area contributed by atoms with E-state index in [1.165, 1.54) is 51.4 Å². The Morgan fingerprint density at radius 2 is 1.43 bits per heavy atom. The topological polar surface area (TPSA) is 26.0 Å². The van der Waals surface area contributed by atoms with Crippen molar-refractivity contribution in [2.75, 3.05) is 0 Å². The molecule has 0 aliphatic rings. The van der Waals surface area contributed by atoms with Crippen LogP contribution in [0.5, 0.6) is 0 Å². The van der Waals surface area contributed by atoms with E-state index >= 15 is 0 Å². The van der Waals surface area contributed by atoms with Gasteiger partial charge in [-0.15, -0.1) is 0 Å². The smallest absolute Gasteiger partial charge is 1.00 e. The van der Waals surface area contributed by atoms with Crippen LogP contribution in [0.3, 0.4) is 0 Å². The summed E-state index contributed by atoms with van der Waals surface area (Å²) in [4.78, 5) is 0. The summed E-state index contributed by atoms with van der Waals surface area (Å²) in [5.41, 5.74) is 5.84. The summed E-state index contributed by atoms with van der Waals surface area (Å²) in [6, 6.07) is 0.454. The molecule has 0 radical (unpaired) electrons. The quantitative estimate of drug-likeness (QED) is 0.445. The van der Waals surface area contributed by atoms with E-state index in [-0.39, 0.29) is 31.0 Å². The van der Waals surface area contributed by atoms with E-state index in [0.29, 0.717) is 6.04 Å². The van der Waals surface area contributed by atoms with Crippen LogP contribution < -0.4 is 35.3 Å². The Morgan fingerprint density at radius 1 is 0.929 bits per heavy atom. The van der Waals surface area contributed by atoms with Gasteiger partial charge >= 0.3 is 29.6 Å². The first-order valence-corrected chi connectivity index (χ1v) is 6.06. The van der Waals surface area contributed by atoms with Crippen LogP contribution in [0.25, 0.3) is 0 Å². The summed E-state index contributed by atoms with van der Waals surface area (Å²) in [5, 5.41) is 0. The molecule has 0 spiro atoms. The van der Waals surface area contributed by atoms with E-state index in [9.17, 15) is 0 Å². The van der Waals surface area contributed by atoms with Crippen molar-refractivity contribution in [3.05, 3.63) is 0 Å². The summed E-state index contributed by atoms with van der Waals surface area (Å²) < 4.78 is 0. The molecule has 0 aliphatic carbocycles. The third-order valence-corrected chi connectivity index (χ3v) is 2.70. The zero-order valence-corrected chi connectivity index (χ0v) is 12.5. The molecule has 1 atom stereocenters. The van der Waals surface area contributed by atoms with Gasteiger partial charge in [-0.05, 0) is 12.8 Å². The van der Waals surface area contributed by atoms with Crippen LogP contribution >= 0.6 is 0 Å². The summed E-state index contributed by atoms with van der Waals surface area (Å²) in [6.07, 6.45) is 12.1. The van der Waals surface area contributed by atoms with Gasteiger partial charge in [-0.2, -0.15) is 0 Å². The largest absolute Gasteiger partial charge is 1.00 e. The first kappa shape index (κ1) is 17.4. The van der Waals surface area contributed by atoms with Gasteiger partial charge in [0.05, 0.1) is 0 Å². The molecule has 0 rings (SSSR count). The van der Waals surface area contributed by atoms with E-state index in [1.54, 1.807) is 0 Å². The molecule has 14 heavy (non-hydrogen) atoms. The monoisotopic (exact) mass is 209 g/mol. The van der Waals surface area contributed by atoms with Crippen molar-refractivity contribution in [1.82, 2.24) is 0 Å². The van der Waals surface area contributed by atoms with Crippen LogP contribution in [-0.4, -0.2) is 6.04 Å². The van der Waals surface area contributed by atoms with Gasteiger partial charge in [0, 0.05) is 6.04 Å². The molecular weight excluding hydrogens is 181 g/mol. The second kappa shape index (κ2) is 14.0. The molecule has 1 nitrogen and oxygen atoms in total. The summed E-state index contributed by atoms with van der Waals surface area (Å²) in [7, 11) is 0. The van der Waals surface area contributed by atoms with E-state index < -0.39 is 0 Å². The molecule has 0 aromatic heterocycles. The molecule has 0 bridgehead atoms. The molecule has 0 fully saturated rings. The van der Waals surface area contributed by atoms with Gasteiger partial charge in [-0.3, -0.25) is 0 Å². The molecule has 0 saturated heterocycles. The fraction of sp³-hybridized carbons (Fsp3) is 1.00. The van der Waals surface area contributed by atoms with Crippen molar-refractivity contribution >= 4 is 0 Å². The molecule has 1 unspecified atom stereocenters. The van der Waals surface area contributed by atoms with E-state index in [4.69, 9.17) is 5.73 Å². The van der Waals surface area contributed by atoms with Crippen molar-refractivity contribution in [3.8, 4) is 0 Å². The first-order chi connectivity index (χ1) is 6.31. The van der Waals surface area contributed by atoms with Gasteiger partial charge in [0.15, 0.2) is 0 Å². The maximum Gasteiger partial charge on any atom is 1.00 e. The Morgan fingerprint density at radius 3 is 1.93 bits per heavy atom. The molecule has 82 valence electrons. The molecule has 0 aliphatic heterocycles. The molecule has 0 saturated carbocycles. The van der Waals surface area contributed by atoms with E-state index in [0.717, 1.165) is 6.42 Å². The molecule has 0 aromatic carbocycles. The summed E-state index contributed by atoms with van der Waals surface area (Å²) in [5.74, 6) is 0. The third kappa shape index (κ3) is 13.0. The Balaban J connectivity index is -0.000000720. The third-order valence-electron chi connectivity index (χ3n) is 2.70. The number of unbranched alkanes of at least 4 members (excludes halogenated alkanes) is 6. The van der Waals surface area contributed by atoms with Crippen LogP contribution in [0.2, 0.25) is 0 Å². The standard InChI is InChI=1S/C12H27N.Na.H/c1-3-5-6-7-8-9-10-11-12(13)4-2;;/h12H,3-11,13H2,1-2H3;;/q;+1;-1. The SMILES string of the molecule is CCCCCCCCCC(N)CC.[H-].[Na+]. The molecule has 0 aromatic rings. The molecule has 0 amide bonds. The molecule has 2 N–H and O–H groups in total. The van der Waals surface area contributed by atoms with Crippen molar-refractivity contribution in [1.29, 1.82) is 0 Å². The Bertz CT molecular complexity index is 102. The second-order valence-corrected chi connectivity index (χ2v) is 4.08. The average molecular weight is 209 g/mol. The minimum absolute atomic E-state index is 0. The summed E-state index contributed by atoms with van der Waals surface area (Å²) in [6.45, 7) is 4.44. The number of hydrogen-bond acceptors (Lipinski definition) is 1. The van der Waals surface area contributed by atoms with Crippen LogP contribution in [-0.2, 0) is 0 Å². The normalized spacial score (nSPS) is 12.2. The van der Waals surface area contributed by atoms with Crippen LogP contribution in [0.4, 0.5) is 0 Å². The molecular formula is C12H28NNa. The van der Waals surface area contributed by atoms with E-state index in [2.05, 4.69) is 13.8 Å². The van der Waals surface area contributed by atoms with Gasteiger partial charge < -0.3 is 7.16 Å². The predicted molar refractivity (Wildman–Crippen MR) is 62.0 cm³/mol. The van der Waals surface area contributed by atoms with Crippen molar-refractivity contribution < 1.29 is 31.0 Å². The Kier molecular flexibility index (Phi) is 17.3. The van der Waals surface area contributed by atoms with Gasteiger partial charge in [-0.1, -0.05) is 58.8 Å². The summed E-state index contributed by atoms with van der Waals surface area (Å²) >= 11 is 0. The van der Waals surface area contributed by atoms with Crippen molar-refractivity contribution in [2.24, 2.45) is 5.73 Å². The minimum atomic E-state index is 0. The van der Waals surface area contributed by atoms with Crippen LogP contribution in [0.1, 0.15) is 73.1 Å². The van der Waals surface area contributed by atoms with Crippen LogP contribution in [0, 0.1) is 0 Å². The number of hydrogen-bond donors (Lipinski definition) is 1. The van der Waals surface area contributed by atoms with Crippen molar-refractivity contribution in [2.45, 2.75) is 77.7 Å². The Hall–Kier alpha value is 0.960. The molecule has 0 heterocycles. The average Bonchev–Trinajstić information content (AvgIpc) is 2.16. The zero-order valence-electron chi connectivity index (χ0n) is 11.5. The second-order valence-electron chi connectivity index (χ2n) is 4.08. The maximum absolute atomic E-state index is 5.84. The van der Waals surface area contributed by atoms with Gasteiger partial charge in [0.2, 0.25) is 0 Å². The van der Waals surface area contributed by atoms with Gasteiger partial charge in [0.25, 0.3) is 0 Å². The van der Waals surface area contributed by atoms with Gasteiger partial charge in [0.1, 0.15) is 0 Å². The van der Waals surface area contributed by atoms with Gasteiger partial charge in [-0.25, -0.2) is 0 Å². The first-order valence-electron chi connectivity index (χ1n) is 6.06.